The molecule has 0 aliphatic heterocycles. The quantitative estimate of drug-likeness (QED) is 0.758. The Kier molecular flexibility index (Phi) is 4.51. The van der Waals surface area contributed by atoms with Gasteiger partial charge in [0.1, 0.15) is 0 Å². The van der Waals surface area contributed by atoms with Gasteiger partial charge in [-0.2, -0.15) is 0 Å². The van der Waals surface area contributed by atoms with Crippen molar-refractivity contribution in [1.82, 2.24) is 0 Å². The molecule has 0 amide bonds. The molecule has 2 nitrogen and oxygen atoms in total. The maximum Gasteiger partial charge on any atom is 0.311 e. The normalized spacial score (nSPS) is 27.0. The zero-order valence-corrected chi connectivity index (χ0v) is 12.4. The summed E-state index contributed by atoms with van der Waals surface area (Å²) < 4.78 is 5.23. The third-order valence-corrected chi connectivity index (χ3v) is 4.34. The Morgan fingerprint density at radius 3 is 2.74 bits per heavy atom. The van der Waals surface area contributed by atoms with Gasteiger partial charge in [0.15, 0.2) is 0 Å². The Labute approximate surface area is 120 Å². The first kappa shape index (κ1) is 14.4. The highest BCUT2D eigenvalue weighted by atomic mass is 35.5. The number of carbonyl (C=O) groups is 1. The Morgan fingerprint density at radius 2 is 2.11 bits per heavy atom. The minimum absolute atomic E-state index is 0.0475. The third-order valence-electron chi connectivity index (χ3n) is 4.09. The van der Waals surface area contributed by atoms with Gasteiger partial charge < -0.3 is 4.74 Å². The molecule has 3 heteroatoms. The van der Waals surface area contributed by atoms with Gasteiger partial charge >= 0.3 is 5.97 Å². The second-order valence-corrected chi connectivity index (χ2v) is 6.06. The predicted octanol–water partition coefficient (Wildman–Crippen LogP) is 4.57. The molecule has 0 aromatic heterocycles. The van der Waals surface area contributed by atoms with Crippen LogP contribution >= 0.6 is 11.6 Å². The van der Waals surface area contributed by atoms with E-state index >= 15 is 0 Å². The van der Waals surface area contributed by atoms with Crippen LogP contribution < -0.4 is 0 Å². The van der Waals surface area contributed by atoms with Crippen LogP contribution in [-0.2, 0) is 9.53 Å². The van der Waals surface area contributed by atoms with Crippen molar-refractivity contribution in [2.75, 3.05) is 6.61 Å². The number of hydrogen-bond donors (Lipinski definition) is 0. The lowest BCUT2D eigenvalue weighted by Gasteiger charge is -2.36. The largest absolute Gasteiger partial charge is 0.466 e. The molecular weight excluding hydrogens is 260 g/mol. The van der Waals surface area contributed by atoms with E-state index in [0.29, 0.717) is 12.5 Å². The van der Waals surface area contributed by atoms with E-state index in [1.54, 1.807) is 0 Å². The van der Waals surface area contributed by atoms with E-state index in [2.05, 4.69) is 12.1 Å². The molecule has 2 unspecified atom stereocenters. The topological polar surface area (TPSA) is 26.3 Å². The van der Waals surface area contributed by atoms with Gasteiger partial charge in [-0.3, -0.25) is 4.79 Å². The number of benzene rings is 1. The second-order valence-electron chi connectivity index (χ2n) is 5.63. The van der Waals surface area contributed by atoms with Crippen molar-refractivity contribution in [3.63, 3.8) is 0 Å². The molecule has 2 rings (SSSR count). The average Bonchev–Trinajstić information content (AvgIpc) is 2.40. The van der Waals surface area contributed by atoms with Gasteiger partial charge in [-0.05, 0) is 56.7 Å². The van der Waals surface area contributed by atoms with Crippen molar-refractivity contribution in [3.8, 4) is 0 Å². The van der Waals surface area contributed by atoms with Crippen LogP contribution in [0.4, 0.5) is 0 Å². The molecule has 2 atom stereocenters. The molecule has 0 N–H and O–H groups in total. The van der Waals surface area contributed by atoms with Crippen molar-refractivity contribution >= 4 is 17.6 Å². The first-order chi connectivity index (χ1) is 9.05. The molecule has 1 aromatic carbocycles. The fourth-order valence-corrected chi connectivity index (χ4v) is 3.12. The summed E-state index contributed by atoms with van der Waals surface area (Å²) in [7, 11) is 0. The highest BCUT2D eigenvalue weighted by Gasteiger charge is 2.40. The molecule has 0 saturated heterocycles. The average molecular weight is 281 g/mol. The third kappa shape index (κ3) is 3.30. The molecule has 0 spiro atoms. The number of carbonyl (C=O) groups excluding carboxylic acids is 1. The number of rotatable bonds is 3. The Bertz CT molecular complexity index is 441. The molecule has 1 saturated carbocycles. The zero-order chi connectivity index (χ0) is 13.9. The lowest BCUT2D eigenvalue weighted by Crippen LogP contribution is -2.34. The summed E-state index contributed by atoms with van der Waals surface area (Å²) in [5, 5.41) is 0.757. The van der Waals surface area contributed by atoms with E-state index in [-0.39, 0.29) is 11.4 Å². The fourth-order valence-electron chi connectivity index (χ4n) is 3.00. The number of ether oxygens (including phenoxy) is 1. The molecule has 104 valence electrons. The van der Waals surface area contributed by atoms with E-state index < -0.39 is 0 Å². The van der Waals surface area contributed by atoms with Gasteiger partial charge in [0.25, 0.3) is 0 Å². The molecule has 1 aromatic rings. The van der Waals surface area contributed by atoms with Crippen LogP contribution in [0.25, 0.3) is 0 Å². The number of esters is 1. The molecule has 19 heavy (non-hydrogen) atoms. The van der Waals surface area contributed by atoms with Gasteiger partial charge in [-0.15, -0.1) is 0 Å². The number of hydrogen-bond acceptors (Lipinski definition) is 2. The molecule has 1 aliphatic rings. The lowest BCUT2D eigenvalue weighted by atomic mass is 9.69. The van der Waals surface area contributed by atoms with Crippen molar-refractivity contribution < 1.29 is 9.53 Å². The van der Waals surface area contributed by atoms with Crippen molar-refractivity contribution in [2.45, 2.75) is 45.4 Å². The molecule has 1 aliphatic carbocycles. The van der Waals surface area contributed by atoms with Crippen LogP contribution in [-0.4, -0.2) is 12.6 Å². The summed E-state index contributed by atoms with van der Waals surface area (Å²) in [5.74, 6) is 0.383. The van der Waals surface area contributed by atoms with Crippen molar-refractivity contribution in [2.24, 2.45) is 5.41 Å². The smallest absolute Gasteiger partial charge is 0.311 e. The Hall–Kier alpha value is -1.02. The van der Waals surface area contributed by atoms with Crippen LogP contribution in [0.15, 0.2) is 24.3 Å². The van der Waals surface area contributed by atoms with E-state index in [4.69, 9.17) is 16.3 Å². The zero-order valence-electron chi connectivity index (χ0n) is 11.6. The monoisotopic (exact) mass is 280 g/mol. The van der Waals surface area contributed by atoms with Gasteiger partial charge in [0.05, 0.1) is 12.0 Å². The molecule has 0 heterocycles. The van der Waals surface area contributed by atoms with E-state index in [1.165, 1.54) is 5.56 Å². The fraction of sp³-hybridized carbons (Fsp3) is 0.562. The second kappa shape index (κ2) is 5.96. The Balaban J connectivity index is 2.12. The van der Waals surface area contributed by atoms with Crippen molar-refractivity contribution in [3.05, 3.63) is 34.9 Å². The first-order valence-electron chi connectivity index (χ1n) is 6.98. The van der Waals surface area contributed by atoms with Gasteiger partial charge in [-0.1, -0.05) is 30.2 Å². The highest BCUT2D eigenvalue weighted by Crippen LogP contribution is 2.44. The van der Waals surface area contributed by atoms with Crippen LogP contribution in [0.2, 0.25) is 5.02 Å². The standard InChI is InChI=1S/C16H21ClO2/c1-3-19-15(18)16(2)10-4-5-13(11-16)12-6-8-14(17)9-7-12/h6-9,13H,3-5,10-11H2,1-2H3. The van der Waals surface area contributed by atoms with Crippen LogP contribution in [0.3, 0.4) is 0 Å². The highest BCUT2D eigenvalue weighted by molar-refractivity contribution is 6.30. The van der Waals surface area contributed by atoms with Gasteiger partial charge in [-0.25, -0.2) is 0 Å². The van der Waals surface area contributed by atoms with E-state index in [9.17, 15) is 4.79 Å². The summed E-state index contributed by atoms with van der Waals surface area (Å²) in [6, 6.07) is 7.99. The maximum absolute atomic E-state index is 12.1. The summed E-state index contributed by atoms with van der Waals surface area (Å²) >= 11 is 5.92. The first-order valence-corrected chi connectivity index (χ1v) is 7.35. The molecule has 0 bridgehead atoms. The van der Waals surface area contributed by atoms with Crippen molar-refractivity contribution in [1.29, 1.82) is 0 Å². The predicted molar refractivity (Wildman–Crippen MR) is 77.4 cm³/mol. The van der Waals surface area contributed by atoms with Gasteiger partial charge in [0, 0.05) is 5.02 Å². The summed E-state index contributed by atoms with van der Waals surface area (Å²) in [5.41, 5.74) is 0.943. The van der Waals surface area contributed by atoms with Gasteiger partial charge in [0.2, 0.25) is 0 Å². The van der Waals surface area contributed by atoms with Crippen LogP contribution in [0.5, 0.6) is 0 Å². The minimum Gasteiger partial charge on any atom is -0.466 e. The molecule has 1 fully saturated rings. The van der Waals surface area contributed by atoms with Crippen LogP contribution in [0.1, 0.15) is 51.0 Å². The van der Waals surface area contributed by atoms with E-state index in [0.717, 1.165) is 30.7 Å². The Morgan fingerprint density at radius 1 is 1.42 bits per heavy atom. The maximum atomic E-state index is 12.1. The lowest BCUT2D eigenvalue weighted by molar-refractivity contribution is -0.156. The van der Waals surface area contributed by atoms with Crippen LogP contribution in [0, 0.1) is 5.41 Å². The minimum atomic E-state index is -0.335. The number of halogens is 1. The summed E-state index contributed by atoms with van der Waals surface area (Å²) in [6.07, 6.45) is 4.00. The van der Waals surface area contributed by atoms with E-state index in [1.807, 2.05) is 26.0 Å². The summed E-state index contributed by atoms with van der Waals surface area (Å²) in [4.78, 5) is 12.1. The SMILES string of the molecule is CCOC(=O)C1(C)CCCC(c2ccc(Cl)cc2)C1. The molecule has 0 radical (unpaired) electrons. The summed E-state index contributed by atoms with van der Waals surface area (Å²) in [6.45, 7) is 4.36. The molecular formula is C16H21ClO2.